The number of aryl methyl sites for hydroxylation is 1. The van der Waals surface area contributed by atoms with Crippen LogP contribution in [0.15, 0.2) is 12.5 Å². The van der Waals surface area contributed by atoms with Crippen LogP contribution in [0.1, 0.15) is 23.3 Å². The first-order chi connectivity index (χ1) is 7.15. The largest absolute Gasteiger partial charge is 0.350 e. The van der Waals surface area contributed by atoms with Crippen LogP contribution in [0.4, 0.5) is 0 Å². The summed E-state index contributed by atoms with van der Waals surface area (Å²) >= 11 is 0. The van der Waals surface area contributed by atoms with Gasteiger partial charge in [0.25, 0.3) is 5.91 Å². The topological polar surface area (TPSA) is 72.9 Å². The molecule has 2 rings (SSSR count). The summed E-state index contributed by atoms with van der Waals surface area (Å²) in [5.41, 5.74) is 6.13. The molecule has 0 aliphatic heterocycles. The van der Waals surface area contributed by atoms with Crippen molar-refractivity contribution >= 4 is 5.91 Å². The molecule has 1 amide bonds. The highest BCUT2D eigenvalue weighted by molar-refractivity contribution is 5.91. The second-order valence-corrected chi connectivity index (χ2v) is 4.23. The fraction of sp³-hybridized carbons (Fsp3) is 0.600. The van der Waals surface area contributed by atoms with E-state index < -0.39 is 0 Å². The Morgan fingerprint density at radius 1 is 1.73 bits per heavy atom. The standard InChI is InChI=1S/C10H16N4O/c1-14-5-9(13-6-14)10(15)12-4-7-2-8(11)3-7/h5-8H,2-4,11H2,1H3,(H,12,15). The quantitative estimate of drug-likeness (QED) is 0.727. The van der Waals surface area contributed by atoms with Crippen molar-refractivity contribution in [1.29, 1.82) is 0 Å². The first-order valence-electron chi connectivity index (χ1n) is 5.17. The zero-order valence-corrected chi connectivity index (χ0v) is 8.81. The van der Waals surface area contributed by atoms with Gasteiger partial charge in [0.15, 0.2) is 0 Å². The number of amides is 1. The molecule has 1 saturated carbocycles. The number of aromatic nitrogens is 2. The molecule has 0 radical (unpaired) electrons. The van der Waals surface area contributed by atoms with Gasteiger partial charge in [-0.3, -0.25) is 4.79 Å². The highest BCUT2D eigenvalue weighted by Gasteiger charge is 2.26. The lowest BCUT2D eigenvalue weighted by molar-refractivity contribution is 0.0931. The summed E-state index contributed by atoms with van der Waals surface area (Å²) < 4.78 is 1.76. The monoisotopic (exact) mass is 208 g/mol. The first kappa shape index (κ1) is 10.2. The summed E-state index contributed by atoms with van der Waals surface area (Å²) in [6.07, 6.45) is 5.36. The molecular weight excluding hydrogens is 192 g/mol. The molecule has 1 heterocycles. The van der Waals surface area contributed by atoms with Crippen LogP contribution in [0.25, 0.3) is 0 Å². The lowest BCUT2D eigenvalue weighted by Crippen LogP contribution is -2.42. The van der Waals surface area contributed by atoms with Crippen molar-refractivity contribution in [1.82, 2.24) is 14.9 Å². The summed E-state index contributed by atoms with van der Waals surface area (Å²) in [5.74, 6) is 0.448. The van der Waals surface area contributed by atoms with Gasteiger partial charge < -0.3 is 15.6 Å². The predicted molar refractivity (Wildman–Crippen MR) is 56.2 cm³/mol. The third-order valence-corrected chi connectivity index (χ3v) is 2.76. The minimum Gasteiger partial charge on any atom is -0.350 e. The number of rotatable bonds is 3. The molecule has 82 valence electrons. The van der Waals surface area contributed by atoms with Gasteiger partial charge in [-0.2, -0.15) is 0 Å². The van der Waals surface area contributed by atoms with E-state index in [9.17, 15) is 4.79 Å². The molecule has 0 saturated heterocycles. The van der Waals surface area contributed by atoms with Crippen molar-refractivity contribution in [3.63, 3.8) is 0 Å². The molecule has 15 heavy (non-hydrogen) atoms. The third-order valence-electron chi connectivity index (χ3n) is 2.76. The number of nitrogens with one attached hydrogen (secondary N) is 1. The fourth-order valence-electron chi connectivity index (χ4n) is 1.81. The van der Waals surface area contributed by atoms with E-state index in [-0.39, 0.29) is 5.91 Å². The van der Waals surface area contributed by atoms with Crippen molar-refractivity contribution in [2.45, 2.75) is 18.9 Å². The van der Waals surface area contributed by atoms with Gasteiger partial charge in [-0.15, -0.1) is 0 Å². The zero-order valence-electron chi connectivity index (χ0n) is 8.81. The molecule has 1 fully saturated rings. The summed E-state index contributed by atoms with van der Waals surface area (Å²) in [4.78, 5) is 15.5. The second kappa shape index (κ2) is 4.02. The van der Waals surface area contributed by atoms with Crippen molar-refractivity contribution in [3.05, 3.63) is 18.2 Å². The van der Waals surface area contributed by atoms with E-state index >= 15 is 0 Å². The number of carbonyl (C=O) groups is 1. The lowest BCUT2D eigenvalue weighted by atomic mass is 9.81. The highest BCUT2D eigenvalue weighted by atomic mass is 16.1. The Bertz CT molecular complexity index is 354. The van der Waals surface area contributed by atoms with Gasteiger partial charge in [0, 0.05) is 25.8 Å². The van der Waals surface area contributed by atoms with E-state index in [0.29, 0.717) is 24.2 Å². The van der Waals surface area contributed by atoms with Gasteiger partial charge in [0.1, 0.15) is 5.69 Å². The average Bonchev–Trinajstić information content (AvgIpc) is 2.57. The Kier molecular flexibility index (Phi) is 2.73. The van der Waals surface area contributed by atoms with Gasteiger partial charge in [-0.1, -0.05) is 0 Å². The fourth-order valence-corrected chi connectivity index (χ4v) is 1.81. The molecule has 1 aliphatic rings. The van der Waals surface area contributed by atoms with Crippen molar-refractivity contribution in [2.24, 2.45) is 18.7 Å². The number of imidazole rings is 1. The number of hydrogen-bond donors (Lipinski definition) is 2. The predicted octanol–water partition coefficient (Wildman–Crippen LogP) is -0.113. The number of hydrogen-bond acceptors (Lipinski definition) is 3. The normalized spacial score (nSPS) is 24.7. The van der Waals surface area contributed by atoms with Crippen LogP contribution >= 0.6 is 0 Å². The van der Waals surface area contributed by atoms with Gasteiger partial charge in [0.2, 0.25) is 0 Å². The Morgan fingerprint density at radius 3 is 3.00 bits per heavy atom. The third kappa shape index (κ3) is 2.36. The number of nitrogens with zero attached hydrogens (tertiary/aromatic N) is 2. The molecule has 0 atom stereocenters. The number of nitrogens with two attached hydrogens (primary N) is 1. The maximum absolute atomic E-state index is 11.6. The molecule has 5 heteroatoms. The molecular formula is C10H16N4O. The molecule has 1 aromatic rings. The lowest BCUT2D eigenvalue weighted by Gasteiger charge is -2.32. The second-order valence-electron chi connectivity index (χ2n) is 4.23. The van der Waals surface area contributed by atoms with E-state index in [4.69, 9.17) is 5.73 Å². The van der Waals surface area contributed by atoms with Crippen LogP contribution in [0.5, 0.6) is 0 Å². The molecule has 5 nitrogen and oxygen atoms in total. The van der Waals surface area contributed by atoms with Crippen LogP contribution in [-0.2, 0) is 7.05 Å². The van der Waals surface area contributed by atoms with Gasteiger partial charge in [-0.05, 0) is 18.8 Å². The van der Waals surface area contributed by atoms with Crippen molar-refractivity contribution in [2.75, 3.05) is 6.54 Å². The van der Waals surface area contributed by atoms with E-state index in [1.807, 2.05) is 7.05 Å². The molecule has 0 bridgehead atoms. The van der Waals surface area contributed by atoms with Gasteiger partial charge in [-0.25, -0.2) is 4.98 Å². The molecule has 1 aromatic heterocycles. The minimum absolute atomic E-state index is 0.101. The van der Waals surface area contributed by atoms with E-state index in [2.05, 4.69) is 10.3 Å². The maximum atomic E-state index is 11.6. The molecule has 0 unspecified atom stereocenters. The molecule has 0 spiro atoms. The van der Waals surface area contributed by atoms with Gasteiger partial charge in [0.05, 0.1) is 6.33 Å². The Morgan fingerprint density at radius 2 is 2.47 bits per heavy atom. The highest BCUT2D eigenvalue weighted by Crippen LogP contribution is 2.24. The van der Waals surface area contributed by atoms with Crippen LogP contribution in [0.3, 0.4) is 0 Å². The van der Waals surface area contributed by atoms with E-state index in [0.717, 1.165) is 12.8 Å². The van der Waals surface area contributed by atoms with Crippen LogP contribution in [0, 0.1) is 5.92 Å². The summed E-state index contributed by atoms with van der Waals surface area (Å²) in [5, 5.41) is 2.86. The summed E-state index contributed by atoms with van der Waals surface area (Å²) in [6.45, 7) is 0.711. The Hall–Kier alpha value is -1.36. The Balaban J connectivity index is 1.78. The minimum atomic E-state index is -0.101. The van der Waals surface area contributed by atoms with Crippen LogP contribution < -0.4 is 11.1 Å². The van der Waals surface area contributed by atoms with E-state index in [1.165, 1.54) is 0 Å². The Labute approximate surface area is 88.7 Å². The molecule has 3 N–H and O–H groups in total. The van der Waals surface area contributed by atoms with Crippen LogP contribution in [-0.4, -0.2) is 28.0 Å². The van der Waals surface area contributed by atoms with Crippen molar-refractivity contribution < 1.29 is 4.79 Å². The maximum Gasteiger partial charge on any atom is 0.271 e. The average molecular weight is 208 g/mol. The van der Waals surface area contributed by atoms with Crippen LogP contribution in [0.2, 0.25) is 0 Å². The smallest absolute Gasteiger partial charge is 0.271 e. The van der Waals surface area contributed by atoms with Gasteiger partial charge >= 0.3 is 0 Å². The summed E-state index contributed by atoms with van der Waals surface area (Å²) in [6, 6.07) is 0.335. The summed E-state index contributed by atoms with van der Waals surface area (Å²) in [7, 11) is 1.84. The number of carbonyl (C=O) groups excluding carboxylic acids is 1. The van der Waals surface area contributed by atoms with E-state index in [1.54, 1.807) is 17.1 Å². The van der Waals surface area contributed by atoms with Crippen molar-refractivity contribution in [3.8, 4) is 0 Å². The molecule has 1 aliphatic carbocycles. The first-order valence-corrected chi connectivity index (χ1v) is 5.17. The SMILES string of the molecule is Cn1cnc(C(=O)NCC2CC(N)C2)c1. The zero-order chi connectivity index (χ0) is 10.8. The molecule has 0 aromatic carbocycles.